The van der Waals surface area contributed by atoms with Gasteiger partial charge in [-0.1, -0.05) is 84.9 Å². The van der Waals surface area contributed by atoms with E-state index in [1.165, 1.54) is 12.3 Å². The van der Waals surface area contributed by atoms with Gasteiger partial charge >= 0.3 is 12.0 Å². The van der Waals surface area contributed by atoms with E-state index < -0.39 is 35.9 Å². The van der Waals surface area contributed by atoms with E-state index in [1.54, 1.807) is 12.1 Å². The van der Waals surface area contributed by atoms with Crippen molar-refractivity contribution in [2.45, 2.75) is 32.0 Å². The van der Waals surface area contributed by atoms with Crippen LogP contribution in [0.5, 0.6) is 0 Å². The third-order valence-corrected chi connectivity index (χ3v) is 6.87. The van der Waals surface area contributed by atoms with Gasteiger partial charge in [-0.05, 0) is 29.2 Å². The Hall–Kier alpha value is -5.03. The van der Waals surface area contributed by atoms with Crippen molar-refractivity contribution < 1.29 is 24.3 Å². The molecule has 5 N–H and O–H groups in total. The van der Waals surface area contributed by atoms with Crippen molar-refractivity contribution in [3.05, 3.63) is 107 Å². The lowest BCUT2D eigenvalue weighted by Crippen LogP contribution is -2.46. The molecule has 210 valence electrons. The Bertz CT molecular complexity index is 1490. The average molecular weight is 572 g/mol. The second-order valence-electron chi connectivity index (χ2n) is 9.17. The van der Waals surface area contributed by atoms with Crippen molar-refractivity contribution in [1.82, 2.24) is 20.9 Å². The van der Waals surface area contributed by atoms with Gasteiger partial charge in [-0.2, -0.15) is 0 Å². The van der Waals surface area contributed by atoms with Gasteiger partial charge in [0.1, 0.15) is 11.7 Å². The van der Waals surface area contributed by atoms with Gasteiger partial charge in [-0.25, -0.2) is 9.78 Å². The predicted octanol–water partition coefficient (Wildman–Crippen LogP) is 4.58. The third-order valence-electron chi connectivity index (χ3n) is 6.11. The van der Waals surface area contributed by atoms with E-state index in [1.807, 2.05) is 72.8 Å². The van der Waals surface area contributed by atoms with Crippen molar-refractivity contribution in [3.63, 3.8) is 0 Å². The highest BCUT2D eigenvalue weighted by Crippen LogP contribution is 2.23. The van der Waals surface area contributed by atoms with E-state index in [4.69, 9.17) is 0 Å². The minimum absolute atomic E-state index is 0.0339. The first-order valence-corrected chi connectivity index (χ1v) is 13.7. The van der Waals surface area contributed by atoms with Crippen LogP contribution in [0.25, 0.3) is 11.1 Å². The highest BCUT2D eigenvalue weighted by molar-refractivity contribution is 7.14. The van der Waals surface area contributed by atoms with Gasteiger partial charge in [0, 0.05) is 11.9 Å². The van der Waals surface area contributed by atoms with Crippen LogP contribution in [-0.2, 0) is 16.1 Å². The molecule has 0 bridgehead atoms. The molecule has 0 aliphatic carbocycles. The highest BCUT2D eigenvalue weighted by atomic mass is 32.1. The van der Waals surface area contributed by atoms with Crippen molar-refractivity contribution in [2.75, 3.05) is 5.32 Å². The van der Waals surface area contributed by atoms with Crippen molar-refractivity contribution in [2.24, 2.45) is 0 Å². The maximum Gasteiger partial charge on any atom is 0.321 e. The summed E-state index contributed by atoms with van der Waals surface area (Å²) in [5.74, 6) is -2.23. The molecule has 10 nitrogen and oxygen atoms in total. The van der Waals surface area contributed by atoms with Gasteiger partial charge in [0.15, 0.2) is 5.13 Å². The van der Waals surface area contributed by atoms with Gasteiger partial charge in [0.05, 0.1) is 12.5 Å². The van der Waals surface area contributed by atoms with E-state index in [0.717, 1.165) is 28.0 Å². The van der Waals surface area contributed by atoms with Gasteiger partial charge < -0.3 is 21.1 Å². The molecule has 4 amide bonds. The van der Waals surface area contributed by atoms with Crippen LogP contribution in [-0.4, -0.2) is 39.9 Å². The lowest BCUT2D eigenvalue weighted by atomic mass is 9.99. The van der Waals surface area contributed by atoms with Crippen molar-refractivity contribution in [3.8, 4) is 11.1 Å². The maximum absolute atomic E-state index is 12.9. The molecule has 1 heterocycles. The topological polar surface area (TPSA) is 150 Å². The number of hydrogen-bond acceptors (Lipinski definition) is 6. The molecule has 0 radical (unpaired) electrons. The molecule has 0 saturated carbocycles. The summed E-state index contributed by atoms with van der Waals surface area (Å²) in [6.07, 6.45) is -0.329. The third kappa shape index (κ3) is 8.48. The fourth-order valence-electron chi connectivity index (χ4n) is 3.95. The first kappa shape index (κ1) is 29.0. The van der Waals surface area contributed by atoms with Crippen molar-refractivity contribution >= 4 is 40.3 Å². The van der Waals surface area contributed by atoms with Crippen LogP contribution in [0.2, 0.25) is 0 Å². The zero-order valence-electron chi connectivity index (χ0n) is 22.2. The number of benzene rings is 3. The van der Waals surface area contributed by atoms with Gasteiger partial charge in [-0.15, -0.1) is 11.3 Å². The number of hydrogen-bond donors (Lipinski definition) is 5. The number of nitrogens with one attached hydrogen (secondary N) is 4. The average Bonchev–Trinajstić information content (AvgIpc) is 3.45. The van der Waals surface area contributed by atoms with Crippen LogP contribution < -0.4 is 21.3 Å². The Balaban J connectivity index is 1.31. The molecule has 1 unspecified atom stereocenters. The summed E-state index contributed by atoms with van der Waals surface area (Å²) in [6, 6.07) is 24.2. The number of nitrogens with zero attached hydrogens (tertiary/aromatic N) is 1. The van der Waals surface area contributed by atoms with Gasteiger partial charge in [0.2, 0.25) is 5.91 Å². The number of aliphatic carboxylic acids is 1. The maximum atomic E-state index is 12.9. The van der Waals surface area contributed by atoms with Crippen LogP contribution in [0.1, 0.15) is 41.0 Å². The summed E-state index contributed by atoms with van der Waals surface area (Å²) in [5.41, 5.74) is 3.57. The Labute approximate surface area is 240 Å². The minimum Gasteiger partial charge on any atom is -0.481 e. The SMILES string of the molecule is C[C@H](NC(=O)c1csc(NC(=O)NCc2ccccc2)n1)C(=O)NC(CC(=O)O)c1ccc(-c2ccccc2)cc1. The molecule has 4 rings (SSSR count). The van der Waals surface area contributed by atoms with E-state index in [9.17, 15) is 24.3 Å². The number of carbonyl (C=O) groups excluding carboxylic acids is 3. The molecular weight excluding hydrogens is 542 g/mol. The zero-order valence-corrected chi connectivity index (χ0v) is 23.0. The number of amides is 4. The first-order valence-electron chi connectivity index (χ1n) is 12.8. The summed E-state index contributed by atoms with van der Waals surface area (Å²) in [6.45, 7) is 1.82. The summed E-state index contributed by atoms with van der Waals surface area (Å²) >= 11 is 1.07. The fourth-order valence-corrected chi connectivity index (χ4v) is 4.64. The fraction of sp³-hybridized carbons (Fsp3) is 0.167. The molecule has 0 fully saturated rings. The number of rotatable bonds is 11. The van der Waals surface area contributed by atoms with Crippen molar-refractivity contribution in [1.29, 1.82) is 0 Å². The largest absolute Gasteiger partial charge is 0.481 e. The Morgan fingerprint density at radius 1 is 0.854 bits per heavy atom. The Morgan fingerprint density at radius 3 is 2.15 bits per heavy atom. The van der Waals surface area contributed by atoms with Gasteiger partial charge in [0.25, 0.3) is 5.91 Å². The second-order valence-corrected chi connectivity index (χ2v) is 10.0. The van der Waals surface area contributed by atoms with Crippen LogP contribution in [0.4, 0.5) is 9.93 Å². The standard InChI is InChI=1S/C30H29N5O5S/c1-19(32-28(39)25-18-41-30(34-25)35-29(40)31-17-20-8-4-2-5-9-20)27(38)33-24(16-26(36)37)23-14-12-22(13-15-23)21-10-6-3-7-11-21/h2-15,18-19,24H,16-17H2,1H3,(H,32,39)(H,33,38)(H,36,37)(H2,31,34,35,40)/t19-,24?/m0/s1. The first-order chi connectivity index (χ1) is 19.8. The summed E-state index contributed by atoms with van der Waals surface area (Å²) < 4.78 is 0. The zero-order chi connectivity index (χ0) is 29.2. The number of carboxylic acid groups (broad SMARTS) is 1. The quantitative estimate of drug-likeness (QED) is 0.178. The van der Waals surface area contributed by atoms with E-state index in [2.05, 4.69) is 26.3 Å². The Kier molecular flexibility index (Phi) is 9.79. The van der Waals surface area contributed by atoms with E-state index in [-0.39, 0.29) is 17.2 Å². The Morgan fingerprint density at radius 2 is 1.49 bits per heavy atom. The van der Waals surface area contributed by atoms with Crippen LogP contribution in [0, 0.1) is 0 Å². The number of anilines is 1. The van der Waals surface area contributed by atoms with Crippen LogP contribution >= 0.6 is 11.3 Å². The molecule has 0 spiro atoms. The number of carbonyl (C=O) groups is 4. The summed E-state index contributed by atoms with van der Waals surface area (Å²) in [4.78, 5) is 53.4. The molecule has 41 heavy (non-hydrogen) atoms. The minimum atomic E-state index is -1.07. The lowest BCUT2D eigenvalue weighted by Gasteiger charge is -2.21. The van der Waals surface area contributed by atoms with E-state index in [0.29, 0.717) is 12.1 Å². The summed E-state index contributed by atoms with van der Waals surface area (Å²) in [7, 11) is 0. The molecule has 4 aromatic rings. The number of aromatic nitrogens is 1. The molecule has 1 aromatic heterocycles. The van der Waals surface area contributed by atoms with Crippen LogP contribution in [0.15, 0.2) is 90.3 Å². The van der Waals surface area contributed by atoms with Crippen LogP contribution in [0.3, 0.4) is 0 Å². The molecule has 11 heteroatoms. The smallest absolute Gasteiger partial charge is 0.321 e. The number of carboxylic acids is 1. The van der Waals surface area contributed by atoms with Gasteiger partial charge in [-0.3, -0.25) is 19.7 Å². The molecule has 2 atom stereocenters. The monoisotopic (exact) mass is 571 g/mol. The van der Waals surface area contributed by atoms with E-state index >= 15 is 0 Å². The normalized spacial score (nSPS) is 12.0. The highest BCUT2D eigenvalue weighted by Gasteiger charge is 2.24. The summed E-state index contributed by atoms with van der Waals surface area (Å²) in [5, 5.41) is 21.7. The molecule has 3 aromatic carbocycles. The lowest BCUT2D eigenvalue weighted by molar-refractivity contribution is -0.137. The molecule has 0 aliphatic rings. The second kappa shape index (κ2) is 13.9. The predicted molar refractivity (Wildman–Crippen MR) is 156 cm³/mol. The number of thiazole rings is 1. The molecule has 0 aliphatic heterocycles. The number of urea groups is 1. The molecule has 0 saturated heterocycles. The molecular formula is C30H29N5O5S.